The molecule has 0 amide bonds. The molecule has 2 N–H and O–H groups in total. The first kappa shape index (κ1) is 17.0. The second-order valence-corrected chi connectivity index (χ2v) is 9.80. The highest BCUT2D eigenvalue weighted by atomic mass is 16.6. The summed E-state index contributed by atoms with van der Waals surface area (Å²) < 4.78 is 12.1. The fraction of sp³-hybridized carbons (Fsp3) is 0.900. The van der Waals surface area contributed by atoms with Crippen LogP contribution in [0.2, 0.25) is 0 Å². The summed E-state index contributed by atoms with van der Waals surface area (Å²) in [4.78, 5) is 0. The third-order valence-electron chi connectivity index (χ3n) is 7.42. The van der Waals surface area contributed by atoms with Gasteiger partial charge in [-0.15, -0.1) is 0 Å². The number of epoxide rings is 2. The molecule has 3 fully saturated rings. The zero-order valence-corrected chi connectivity index (χ0v) is 15.6. The van der Waals surface area contributed by atoms with Crippen molar-refractivity contribution in [3.05, 3.63) is 11.6 Å². The summed E-state index contributed by atoms with van der Waals surface area (Å²) in [6, 6.07) is 0. The molecule has 0 aromatic heterocycles. The monoisotopic (exact) mass is 336 g/mol. The lowest BCUT2D eigenvalue weighted by Gasteiger charge is -2.39. The molecule has 4 nitrogen and oxygen atoms in total. The molecule has 0 bridgehead atoms. The zero-order valence-electron chi connectivity index (χ0n) is 15.6. The number of rotatable bonds is 1. The summed E-state index contributed by atoms with van der Waals surface area (Å²) in [5.74, 6) is 0.167. The number of aliphatic hydroxyl groups is 2. The van der Waals surface area contributed by atoms with Gasteiger partial charge < -0.3 is 19.7 Å². The third kappa shape index (κ3) is 2.49. The number of ether oxygens (including phenoxy) is 2. The van der Waals surface area contributed by atoms with E-state index in [2.05, 4.69) is 20.8 Å². The first-order chi connectivity index (χ1) is 11.0. The van der Waals surface area contributed by atoms with E-state index in [1.54, 1.807) is 0 Å². The SMILES string of the molecule is CC(C)(O)C1=C[C@@H](O)[C@]2(C)C[C@@H]3O[C@@]3(C)CC[C@@H]3O[C@@]3(C)CC[C@@H]12. The minimum atomic E-state index is -0.901. The highest BCUT2D eigenvalue weighted by Gasteiger charge is 2.62. The van der Waals surface area contributed by atoms with E-state index in [1.807, 2.05) is 19.9 Å². The van der Waals surface area contributed by atoms with E-state index in [-0.39, 0.29) is 28.6 Å². The standard InChI is InChI=1S/C20H32O4/c1-17(2,22)13-10-14(21)18(3)11-16-20(5,24-16)9-7-15-19(4,23-15)8-6-12(13)18/h10,12,14-16,21-22H,6-9,11H2,1-5H3/t12-,14+,15-,16-,18+,19-,20-/m0/s1. The lowest BCUT2D eigenvalue weighted by atomic mass is 9.67. The Labute approximate surface area is 145 Å². The molecule has 2 aliphatic heterocycles. The van der Waals surface area contributed by atoms with Crippen molar-refractivity contribution < 1.29 is 19.7 Å². The Hall–Kier alpha value is -0.420. The number of hydrogen-bond acceptors (Lipinski definition) is 4. The van der Waals surface area contributed by atoms with Crippen LogP contribution in [-0.4, -0.2) is 45.3 Å². The molecule has 0 aromatic rings. The van der Waals surface area contributed by atoms with E-state index < -0.39 is 11.7 Å². The van der Waals surface area contributed by atoms with Crippen molar-refractivity contribution in [1.29, 1.82) is 0 Å². The molecule has 4 heteroatoms. The van der Waals surface area contributed by atoms with Crippen molar-refractivity contribution >= 4 is 0 Å². The Morgan fingerprint density at radius 3 is 2.29 bits per heavy atom. The Bertz CT molecular complexity index is 579. The van der Waals surface area contributed by atoms with Gasteiger partial charge in [0.15, 0.2) is 0 Å². The van der Waals surface area contributed by atoms with Crippen LogP contribution in [0.5, 0.6) is 0 Å². The molecule has 0 unspecified atom stereocenters. The summed E-state index contributed by atoms with van der Waals surface area (Å²) in [5, 5.41) is 21.5. The third-order valence-corrected chi connectivity index (χ3v) is 7.42. The maximum Gasteiger partial charge on any atom is 0.0921 e. The van der Waals surface area contributed by atoms with Gasteiger partial charge in [0.2, 0.25) is 0 Å². The molecule has 2 saturated heterocycles. The average Bonchev–Trinajstić information content (AvgIpc) is 3.27. The molecule has 2 aliphatic carbocycles. The second-order valence-electron chi connectivity index (χ2n) is 9.80. The van der Waals surface area contributed by atoms with Crippen molar-refractivity contribution in [2.75, 3.05) is 0 Å². The van der Waals surface area contributed by atoms with Gasteiger partial charge in [-0.25, -0.2) is 0 Å². The predicted octanol–water partition coefficient (Wildman–Crippen LogP) is 2.96. The molecule has 0 aromatic carbocycles. The smallest absolute Gasteiger partial charge is 0.0921 e. The van der Waals surface area contributed by atoms with Gasteiger partial charge in [-0.1, -0.05) is 13.0 Å². The second kappa shape index (κ2) is 4.85. The van der Waals surface area contributed by atoms with Crippen molar-refractivity contribution in [3.8, 4) is 0 Å². The molecule has 136 valence electrons. The predicted molar refractivity (Wildman–Crippen MR) is 91.6 cm³/mol. The summed E-state index contributed by atoms with van der Waals surface area (Å²) in [7, 11) is 0. The molecular weight excluding hydrogens is 304 g/mol. The van der Waals surface area contributed by atoms with Crippen molar-refractivity contribution in [1.82, 2.24) is 0 Å². The minimum absolute atomic E-state index is 0.0375. The number of hydrogen-bond donors (Lipinski definition) is 2. The van der Waals surface area contributed by atoms with E-state index in [9.17, 15) is 10.2 Å². The Kier molecular flexibility index (Phi) is 3.44. The van der Waals surface area contributed by atoms with E-state index >= 15 is 0 Å². The normalized spacial score (nSPS) is 54.0. The van der Waals surface area contributed by atoms with Crippen LogP contribution in [0.15, 0.2) is 11.6 Å². The summed E-state index contributed by atoms with van der Waals surface area (Å²) in [6.45, 7) is 10.2. The van der Waals surface area contributed by atoms with Gasteiger partial charge in [-0.2, -0.15) is 0 Å². The Morgan fingerprint density at radius 1 is 1.04 bits per heavy atom. The van der Waals surface area contributed by atoms with Gasteiger partial charge in [0.05, 0.1) is 35.1 Å². The molecule has 2 heterocycles. The maximum atomic E-state index is 10.9. The van der Waals surface area contributed by atoms with E-state index in [0.717, 1.165) is 37.7 Å². The van der Waals surface area contributed by atoms with Crippen LogP contribution in [0.3, 0.4) is 0 Å². The molecule has 7 atom stereocenters. The molecule has 1 saturated carbocycles. The molecular formula is C20H32O4. The molecule has 0 radical (unpaired) electrons. The minimum Gasteiger partial charge on any atom is -0.388 e. The van der Waals surface area contributed by atoms with Gasteiger partial charge in [0.1, 0.15) is 0 Å². The first-order valence-corrected chi connectivity index (χ1v) is 9.46. The van der Waals surface area contributed by atoms with Gasteiger partial charge in [-0.3, -0.25) is 0 Å². The van der Waals surface area contributed by atoms with E-state index in [0.29, 0.717) is 6.10 Å². The highest BCUT2D eigenvalue weighted by Crippen LogP contribution is 2.59. The van der Waals surface area contributed by atoms with Gasteiger partial charge in [0.25, 0.3) is 0 Å². The summed E-state index contributed by atoms with van der Waals surface area (Å²) >= 11 is 0. The van der Waals surface area contributed by atoms with Crippen LogP contribution >= 0.6 is 0 Å². The molecule has 0 spiro atoms. The van der Waals surface area contributed by atoms with Gasteiger partial charge >= 0.3 is 0 Å². The van der Waals surface area contributed by atoms with Gasteiger partial charge in [0, 0.05) is 5.41 Å². The van der Waals surface area contributed by atoms with Crippen LogP contribution in [0, 0.1) is 11.3 Å². The molecule has 4 aliphatic rings. The Balaban J connectivity index is 1.67. The molecule has 4 rings (SSSR count). The van der Waals surface area contributed by atoms with Crippen LogP contribution in [0.25, 0.3) is 0 Å². The maximum absolute atomic E-state index is 10.9. The largest absolute Gasteiger partial charge is 0.388 e. The number of fused-ring (bicyclic) bond motifs is 3. The van der Waals surface area contributed by atoms with Crippen LogP contribution in [0.1, 0.15) is 66.7 Å². The first-order valence-electron chi connectivity index (χ1n) is 9.46. The fourth-order valence-electron chi connectivity index (χ4n) is 5.31. The lowest BCUT2D eigenvalue weighted by Crippen LogP contribution is -2.39. The fourth-order valence-corrected chi connectivity index (χ4v) is 5.31. The number of aliphatic hydroxyl groups excluding tert-OH is 1. The van der Waals surface area contributed by atoms with Crippen LogP contribution < -0.4 is 0 Å². The van der Waals surface area contributed by atoms with E-state index in [4.69, 9.17) is 9.47 Å². The zero-order chi connectivity index (χ0) is 17.5. The average molecular weight is 336 g/mol. The summed E-state index contributed by atoms with van der Waals surface area (Å²) in [5.41, 5.74) is -0.295. The quantitative estimate of drug-likeness (QED) is 0.571. The Morgan fingerprint density at radius 2 is 1.62 bits per heavy atom. The van der Waals surface area contributed by atoms with E-state index in [1.165, 1.54) is 0 Å². The van der Waals surface area contributed by atoms with Crippen molar-refractivity contribution in [2.24, 2.45) is 11.3 Å². The molecule has 24 heavy (non-hydrogen) atoms. The summed E-state index contributed by atoms with van der Waals surface area (Å²) in [6.07, 6.45) is 6.79. The van der Waals surface area contributed by atoms with Gasteiger partial charge in [-0.05, 0) is 71.3 Å². The topological polar surface area (TPSA) is 65.5 Å². The van der Waals surface area contributed by atoms with Crippen LogP contribution in [0.4, 0.5) is 0 Å². The highest BCUT2D eigenvalue weighted by molar-refractivity contribution is 5.31. The van der Waals surface area contributed by atoms with Crippen molar-refractivity contribution in [2.45, 2.75) is 102 Å². The lowest BCUT2D eigenvalue weighted by molar-refractivity contribution is 0.0238. The van der Waals surface area contributed by atoms with Crippen molar-refractivity contribution in [3.63, 3.8) is 0 Å². The van der Waals surface area contributed by atoms with Crippen LogP contribution in [-0.2, 0) is 9.47 Å².